The van der Waals surface area contributed by atoms with E-state index in [4.69, 9.17) is 0 Å². The van der Waals surface area contributed by atoms with Gasteiger partial charge in [0, 0.05) is 0 Å². The summed E-state index contributed by atoms with van der Waals surface area (Å²) in [6, 6.07) is 23.0. The molecule has 0 saturated heterocycles. The molecule has 6 rings (SSSR count). The van der Waals surface area contributed by atoms with Gasteiger partial charge in [-0.05, 0) is 46.7 Å². The molecule has 6 aromatic rings. The fourth-order valence-electron chi connectivity index (χ4n) is 2.24. The molecule has 8 nitrogen and oxygen atoms in total. The number of fused-ring (bicyclic) bond motifs is 3. The normalized spacial score (nSPS) is 9.29. The number of H-pyrrole nitrogens is 1. The molecule has 0 bridgehead atoms. The van der Waals surface area contributed by atoms with Gasteiger partial charge in [0.25, 0.3) is 0 Å². The lowest BCUT2D eigenvalue weighted by molar-refractivity contribution is 0.315. The maximum Gasteiger partial charge on any atom is 0.135 e. The first kappa shape index (κ1) is 23.6. The van der Waals surface area contributed by atoms with Crippen LogP contribution in [0.4, 0.5) is 0 Å². The van der Waals surface area contributed by atoms with Gasteiger partial charge in [0.05, 0.1) is 11.7 Å². The van der Waals surface area contributed by atoms with Crippen molar-refractivity contribution in [1.82, 2.24) is 34.5 Å². The summed E-state index contributed by atoms with van der Waals surface area (Å²) in [5.74, 6) is 0. The first-order valence-electron chi connectivity index (χ1n) is 10.0. The van der Waals surface area contributed by atoms with Gasteiger partial charge in [-0.2, -0.15) is 24.2 Å². The minimum Gasteiger partial charge on any atom is -0.243 e. The Morgan fingerprint density at radius 1 is 0.548 bits per heavy atom. The number of nitrogens with zero attached hydrogens (tertiary/aromatic N) is 6. The molecule has 0 fully saturated rings. The number of benzene rings is 3. The number of hydrogen-bond acceptors (Lipinski definition) is 8. The Balaban J connectivity index is 0.000000153. The Labute approximate surface area is 184 Å². The zero-order chi connectivity index (χ0) is 22.3. The van der Waals surface area contributed by atoms with E-state index in [-0.39, 0.29) is 0 Å². The highest BCUT2D eigenvalue weighted by atomic mass is 32.1. The molecule has 0 saturated carbocycles. The second kappa shape index (κ2) is 13.5. The fraction of sp³-hybridized carbons (Fsp3) is 0.182. The SMILES string of the molecule is CC.CC.c1ccc2n[nH]nc2c1.c1ccc2nonc2c1.c1ccc2nsnc2c1. The molecule has 0 radical (unpaired) electrons. The average Bonchev–Trinajstić information content (AvgIpc) is 3.63. The fourth-order valence-corrected chi connectivity index (χ4v) is 2.77. The van der Waals surface area contributed by atoms with Crippen molar-refractivity contribution in [3.8, 4) is 0 Å². The third-order valence-electron chi connectivity index (χ3n) is 3.54. The van der Waals surface area contributed by atoms with Crippen molar-refractivity contribution in [1.29, 1.82) is 0 Å². The minimum absolute atomic E-state index is 0.803. The molecular formula is C22H25N7OS. The summed E-state index contributed by atoms with van der Waals surface area (Å²) in [6.45, 7) is 8.00. The Morgan fingerprint density at radius 3 is 1.32 bits per heavy atom. The number of aromatic amines is 1. The second-order valence-corrected chi connectivity index (χ2v) is 5.85. The summed E-state index contributed by atoms with van der Waals surface area (Å²) in [7, 11) is 0. The van der Waals surface area contributed by atoms with Crippen molar-refractivity contribution < 1.29 is 4.63 Å². The Bertz CT molecular complexity index is 1010. The van der Waals surface area contributed by atoms with E-state index in [1.165, 1.54) is 11.7 Å². The lowest BCUT2D eigenvalue weighted by atomic mass is 10.3. The van der Waals surface area contributed by atoms with E-state index in [0.29, 0.717) is 0 Å². The van der Waals surface area contributed by atoms with Crippen LogP contribution in [0.2, 0.25) is 0 Å². The molecule has 0 atom stereocenters. The number of rotatable bonds is 0. The smallest absolute Gasteiger partial charge is 0.135 e. The van der Waals surface area contributed by atoms with Gasteiger partial charge in [-0.3, -0.25) is 0 Å². The molecule has 0 spiro atoms. The van der Waals surface area contributed by atoms with Gasteiger partial charge in [-0.1, -0.05) is 64.1 Å². The Hall–Kier alpha value is -3.72. The van der Waals surface area contributed by atoms with Crippen LogP contribution >= 0.6 is 11.7 Å². The molecule has 0 aliphatic heterocycles. The summed E-state index contributed by atoms with van der Waals surface area (Å²) in [4.78, 5) is 0. The predicted molar refractivity (Wildman–Crippen MR) is 126 cm³/mol. The number of nitrogens with one attached hydrogen (secondary N) is 1. The quantitative estimate of drug-likeness (QED) is 0.315. The highest BCUT2D eigenvalue weighted by molar-refractivity contribution is 7.00. The summed E-state index contributed by atoms with van der Waals surface area (Å²) < 4.78 is 12.6. The van der Waals surface area contributed by atoms with Crippen LogP contribution in [0.25, 0.3) is 33.1 Å². The van der Waals surface area contributed by atoms with Crippen LogP contribution in [0.1, 0.15) is 27.7 Å². The summed E-state index contributed by atoms with van der Waals surface area (Å²) >= 11 is 1.25. The molecule has 1 N–H and O–H groups in total. The maximum absolute atomic E-state index is 4.46. The van der Waals surface area contributed by atoms with Crippen molar-refractivity contribution in [2.45, 2.75) is 27.7 Å². The van der Waals surface area contributed by atoms with Gasteiger partial charge in [-0.15, -0.1) is 0 Å². The zero-order valence-electron chi connectivity index (χ0n) is 17.9. The van der Waals surface area contributed by atoms with E-state index in [1.807, 2.05) is 100 Å². The zero-order valence-corrected chi connectivity index (χ0v) is 18.7. The van der Waals surface area contributed by atoms with E-state index < -0.39 is 0 Å². The van der Waals surface area contributed by atoms with E-state index >= 15 is 0 Å². The molecule has 3 aromatic carbocycles. The van der Waals surface area contributed by atoms with E-state index in [1.54, 1.807) is 0 Å². The van der Waals surface area contributed by atoms with Gasteiger partial charge in [0.15, 0.2) is 0 Å². The highest BCUT2D eigenvalue weighted by Gasteiger charge is 1.94. The van der Waals surface area contributed by atoms with Gasteiger partial charge >= 0.3 is 0 Å². The van der Waals surface area contributed by atoms with Crippen LogP contribution in [0.3, 0.4) is 0 Å². The number of para-hydroxylation sites is 2. The predicted octanol–water partition coefficient (Wildman–Crippen LogP) is 5.92. The highest BCUT2D eigenvalue weighted by Crippen LogP contribution is 2.08. The first-order chi connectivity index (χ1) is 15.4. The molecule has 0 aliphatic carbocycles. The molecule has 0 unspecified atom stereocenters. The monoisotopic (exact) mass is 435 g/mol. The molecular weight excluding hydrogens is 410 g/mol. The summed E-state index contributed by atoms with van der Waals surface area (Å²) in [6.07, 6.45) is 0. The molecule has 0 aliphatic rings. The molecule has 160 valence electrons. The Kier molecular flexibility index (Phi) is 10.3. The molecule has 3 aromatic heterocycles. The van der Waals surface area contributed by atoms with Gasteiger partial charge < -0.3 is 0 Å². The molecule has 0 amide bonds. The van der Waals surface area contributed by atoms with Crippen molar-refractivity contribution >= 4 is 44.8 Å². The summed E-state index contributed by atoms with van der Waals surface area (Å²) in [5, 5.41) is 17.6. The number of aromatic nitrogens is 7. The van der Waals surface area contributed by atoms with Crippen LogP contribution in [-0.2, 0) is 0 Å². The Morgan fingerprint density at radius 2 is 0.903 bits per heavy atom. The van der Waals surface area contributed by atoms with E-state index in [9.17, 15) is 0 Å². The van der Waals surface area contributed by atoms with Crippen LogP contribution in [-0.4, -0.2) is 34.5 Å². The van der Waals surface area contributed by atoms with Crippen LogP contribution in [0.15, 0.2) is 77.4 Å². The van der Waals surface area contributed by atoms with Crippen LogP contribution in [0.5, 0.6) is 0 Å². The van der Waals surface area contributed by atoms with Crippen LogP contribution < -0.4 is 0 Å². The van der Waals surface area contributed by atoms with Gasteiger partial charge in [0.2, 0.25) is 0 Å². The minimum atomic E-state index is 0.803. The third kappa shape index (κ3) is 6.93. The third-order valence-corrected chi connectivity index (χ3v) is 4.10. The summed E-state index contributed by atoms with van der Waals surface area (Å²) in [5.41, 5.74) is 5.41. The largest absolute Gasteiger partial charge is 0.243 e. The maximum atomic E-state index is 4.46. The van der Waals surface area contributed by atoms with Gasteiger partial charge in [0.1, 0.15) is 33.1 Å². The van der Waals surface area contributed by atoms with Crippen molar-refractivity contribution in [2.75, 3.05) is 0 Å². The lowest BCUT2D eigenvalue weighted by Crippen LogP contribution is -1.63. The number of hydrogen-bond donors (Lipinski definition) is 1. The second-order valence-electron chi connectivity index (χ2n) is 5.32. The van der Waals surface area contributed by atoms with Crippen LogP contribution in [0, 0.1) is 0 Å². The standard InChI is InChI=1S/C6H5N3.C6H4N2O.C6H4N2S.2C2H6/c3*1-2-4-6-5(3-1)7-9-8-6;2*1-2/h1-4H,(H,7,8,9);2*1-4H;2*1-2H3. The molecule has 31 heavy (non-hydrogen) atoms. The first-order valence-corrected chi connectivity index (χ1v) is 10.7. The molecule has 9 heteroatoms. The van der Waals surface area contributed by atoms with E-state index in [2.05, 4.69) is 39.1 Å². The molecule has 3 heterocycles. The van der Waals surface area contributed by atoms with Gasteiger partial charge in [-0.25, -0.2) is 4.63 Å². The van der Waals surface area contributed by atoms with Crippen molar-refractivity contribution in [3.63, 3.8) is 0 Å². The topological polar surface area (TPSA) is 106 Å². The van der Waals surface area contributed by atoms with Crippen molar-refractivity contribution in [3.05, 3.63) is 72.8 Å². The van der Waals surface area contributed by atoms with Crippen molar-refractivity contribution in [2.24, 2.45) is 0 Å². The average molecular weight is 436 g/mol. The lowest BCUT2D eigenvalue weighted by Gasteiger charge is -1.78. The van der Waals surface area contributed by atoms with E-state index in [0.717, 1.165) is 33.1 Å².